The van der Waals surface area contributed by atoms with Gasteiger partial charge in [0.05, 0.1) is 53.9 Å². The molecule has 144 valence electrons. The van der Waals surface area contributed by atoms with Gasteiger partial charge in [0.1, 0.15) is 11.5 Å². The number of carbonyl (C=O) groups is 1. The van der Waals surface area contributed by atoms with Crippen LogP contribution in [-0.4, -0.2) is 53.4 Å². The predicted octanol–water partition coefficient (Wildman–Crippen LogP) is 1.22. The number of benzene rings is 2. The van der Waals surface area contributed by atoms with Crippen molar-refractivity contribution in [2.24, 2.45) is 0 Å². The largest absolute Gasteiger partial charge is 0.497 e. The van der Waals surface area contributed by atoms with Crippen LogP contribution in [0.5, 0.6) is 11.5 Å². The molecule has 0 unspecified atom stereocenters. The number of amides is 1. The fourth-order valence-electron chi connectivity index (χ4n) is 3.28. The third-order valence-electron chi connectivity index (χ3n) is 4.98. The van der Waals surface area contributed by atoms with Gasteiger partial charge in [-0.2, -0.15) is 0 Å². The molecule has 0 bridgehead atoms. The van der Waals surface area contributed by atoms with Crippen molar-refractivity contribution in [3.63, 3.8) is 0 Å². The lowest BCUT2D eigenvalue weighted by molar-refractivity contribution is -0.880. The van der Waals surface area contributed by atoms with Crippen molar-refractivity contribution in [2.45, 2.75) is 6.42 Å². The number of nitrogens with zero attached hydrogens (tertiary/aromatic N) is 1. The van der Waals surface area contributed by atoms with E-state index in [4.69, 9.17) is 9.47 Å². The summed E-state index contributed by atoms with van der Waals surface area (Å²) in [4.78, 5) is 16.4. The average Bonchev–Trinajstić information content (AvgIpc) is 2.69. The molecular formula is C21H28N3O3+. The van der Waals surface area contributed by atoms with Crippen molar-refractivity contribution >= 4 is 17.3 Å². The lowest BCUT2D eigenvalue weighted by Crippen LogP contribution is -3.12. The van der Waals surface area contributed by atoms with E-state index in [1.54, 1.807) is 25.2 Å². The zero-order valence-corrected chi connectivity index (χ0v) is 16.2. The van der Waals surface area contributed by atoms with Crippen LogP contribution >= 0.6 is 0 Å². The van der Waals surface area contributed by atoms with Gasteiger partial charge in [-0.25, -0.2) is 0 Å². The first kappa shape index (κ1) is 19.0. The highest BCUT2D eigenvalue weighted by molar-refractivity contribution is 5.92. The number of anilines is 2. The second-order valence-electron chi connectivity index (χ2n) is 6.89. The Hall–Kier alpha value is -2.73. The normalized spacial score (nSPS) is 14.7. The maximum atomic E-state index is 12.4. The molecule has 1 heterocycles. The average molecular weight is 370 g/mol. The number of ether oxygens (including phenoxy) is 2. The van der Waals surface area contributed by atoms with Gasteiger partial charge >= 0.3 is 0 Å². The first-order valence-electron chi connectivity index (χ1n) is 9.26. The van der Waals surface area contributed by atoms with Crippen molar-refractivity contribution in [1.82, 2.24) is 0 Å². The number of methoxy groups -OCH3 is 2. The van der Waals surface area contributed by atoms with Gasteiger partial charge in [-0.3, -0.25) is 4.79 Å². The maximum absolute atomic E-state index is 12.4. The summed E-state index contributed by atoms with van der Waals surface area (Å²) < 4.78 is 10.6. The predicted molar refractivity (Wildman–Crippen MR) is 107 cm³/mol. The van der Waals surface area contributed by atoms with E-state index in [2.05, 4.69) is 29.4 Å². The van der Waals surface area contributed by atoms with E-state index in [1.807, 2.05) is 24.3 Å². The van der Waals surface area contributed by atoms with Crippen LogP contribution in [0, 0.1) is 0 Å². The van der Waals surface area contributed by atoms with Gasteiger partial charge in [-0.15, -0.1) is 0 Å². The Morgan fingerprint density at radius 2 is 1.78 bits per heavy atom. The van der Waals surface area contributed by atoms with Crippen LogP contribution in [0.1, 0.15) is 5.56 Å². The molecular weight excluding hydrogens is 342 g/mol. The fourth-order valence-corrected chi connectivity index (χ4v) is 3.28. The zero-order valence-electron chi connectivity index (χ0n) is 16.2. The molecule has 1 amide bonds. The number of hydrogen-bond donors (Lipinski definition) is 2. The number of quaternary nitrogens is 1. The summed E-state index contributed by atoms with van der Waals surface area (Å²) >= 11 is 0. The quantitative estimate of drug-likeness (QED) is 0.803. The smallest absolute Gasteiger partial charge is 0.228 e. The number of hydrogen-bond acceptors (Lipinski definition) is 4. The van der Waals surface area contributed by atoms with Crippen LogP contribution < -0.4 is 24.6 Å². The molecule has 1 saturated heterocycles. The van der Waals surface area contributed by atoms with Crippen molar-refractivity contribution < 1.29 is 19.2 Å². The Bertz CT molecular complexity index is 769. The number of piperazine rings is 1. The molecule has 0 aliphatic carbocycles. The van der Waals surface area contributed by atoms with E-state index >= 15 is 0 Å². The molecule has 6 heteroatoms. The molecule has 0 aromatic heterocycles. The number of nitrogens with one attached hydrogen (secondary N) is 2. The minimum atomic E-state index is -0.0746. The third-order valence-corrected chi connectivity index (χ3v) is 4.98. The Kier molecular flexibility index (Phi) is 6.19. The van der Waals surface area contributed by atoms with E-state index in [0.717, 1.165) is 37.4 Å². The van der Waals surface area contributed by atoms with E-state index < -0.39 is 0 Å². The molecule has 3 rings (SSSR count). The molecule has 6 nitrogen and oxygen atoms in total. The number of rotatable bonds is 6. The first-order valence-corrected chi connectivity index (χ1v) is 9.26. The minimum absolute atomic E-state index is 0.0746. The highest BCUT2D eigenvalue weighted by Gasteiger charge is 2.17. The molecule has 1 aliphatic rings. The van der Waals surface area contributed by atoms with Crippen molar-refractivity contribution in [1.29, 1.82) is 0 Å². The summed E-state index contributed by atoms with van der Waals surface area (Å²) in [5.74, 6) is 1.28. The molecule has 1 fully saturated rings. The molecule has 2 N–H and O–H groups in total. The highest BCUT2D eigenvalue weighted by atomic mass is 16.5. The molecule has 0 atom stereocenters. The molecule has 0 saturated carbocycles. The van der Waals surface area contributed by atoms with Gasteiger partial charge in [0.25, 0.3) is 0 Å². The summed E-state index contributed by atoms with van der Waals surface area (Å²) in [6, 6.07) is 13.5. The van der Waals surface area contributed by atoms with Gasteiger partial charge < -0.3 is 24.6 Å². The summed E-state index contributed by atoms with van der Waals surface area (Å²) in [6.45, 7) is 4.44. The summed E-state index contributed by atoms with van der Waals surface area (Å²) in [6.07, 6.45) is 0.246. The van der Waals surface area contributed by atoms with Gasteiger partial charge in [0.15, 0.2) is 0 Å². The molecule has 0 radical (unpaired) electrons. The number of likely N-dealkylation sites (N-methyl/N-ethyl adjacent to an activating group) is 1. The monoisotopic (exact) mass is 370 g/mol. The van der Waals surface area contributed by atoms with E-state index in [0.29, 0.717) is 11.5 Å². The summed E-state index contributed by atoms with van der Waals surface area (Å²) in [5.41, 5.74) is 2.83. The van der Waals surface area contributed by atoms with Crippen LogP contribution in [0.4, 0.5) is 11.4 Å². The summed E-state index contributed by atoms with van der Waals surface area (Å²) in [7, 11) is 5.43. The second-order valence-corrected chi connectivity index (χ2v) is 6.89. The maximum Gasteiger partial charge on any atom is 0.228 e. The molecule has 0 spiro atoms. The Morgan fingerprint density at radius 1 is 1.07 bits per heavy atom. The highest BCUT2D eigenvalue weighted by Crippen LogP contribution is 2.25. The van der Waals surface area contributed by atoms with Gasteiger partial charge in [-0.1, -0.05) is 6.07 Å². The lowest BCUT2D eigenvalue weighted by Gasteiger charge is -2.31. The Labute approximate surface area is 160 Å². The SMILES string of the molecule is COc1ccc(CC(=O)Nc2ccc(N3CC[NH+](C)CC3)cc2)c(OC)c1. The fraction of sp³-hybridized carbons (Fsp3) is 0.381. The van der Waals surface area contributed by atoms with Crippen LogP contribution in [0.25, 0.3) is 0 Å². The van der Waals surface area contributed by atoms with E-state index in [1.165, 1.54) is 5.69 Å². The first-order chi connectivity index (χ1) is 13.1. The van der Waals surface area contributed by atoms with Crippen LogP contribution in [-0.2, 0) is 11.2 Å². The number of carbonyl (C=O) groups excluding carboxylic acids is 1. The zero-order chi connectivity index (χ0) is 19.2. The second kappa shape index (κ2) is 8.77. The van der Waals surface area contributed by atoms with Crippen LogP contribution in [0.2, 0.25) is 0 Å². The molecule has 2 aromatic carbocycles. The Balaban J connectivity index is 1.59. The third kappa shape index (κ3) is 4.92. The topological polar surface area (TPSA) is 55.2 Å². The molecule has 2 aromatic rings. The van der Waals surface area contributed by atoms with Gasteiger partial charge in [0, 0.05) is 23.0 Å². The van der Waals surface area contributed by atoms with E-state index in [-0.39, 0.29) is 12.3 Å². The van der Waals surface area contributed by atoms with Gasteiger partial charge in [0.2, 0.25) is 5.91 Å². The van der Waals surface area contributed by atoms with Crippen molar-refractivity contribution in [2.75, 3.05) is 57.7 Å². The van der Waals surface area contributed by atoms with Crippen LogP contribution in [0.3, 0.4) is 0 Å². The lowest BCUT2D eigenvalue weighted by atomic mass is 10.1. The van der Waals surface area contributed by atoms with Crippen LogP contribution in [0.15, 0.2) is 42.5 Å². The standard InChI is InChI=1S/C21H27N3O3/c1-23-10-12-24(13-11-23)18-7-5-17(6-8-18)22-21(25)14-16-4-9-19(26-2)15-20(16)27-3/h4-9,15H,10-14H2,1-3H3,(H,22,25)/p+1. The minimum Gasteiger partial charge on any atom is -0.497 e. The van der Waals surface area contributed by atoms with Crippen molar-refractivity contribution in [3.8, 4) is 11.5 Å². The Morgan fingerprint density at radius 3 is 2.41 bits per heavy atom. The summed E-state index contributed by atoms with van der Waals surface area (Å²) in [5, 5.41) is 2.96. The molecule has 27 heavy (non-hydrogen) atoms. The van der Waals surface area contributed by atoms with E-state index in [9.17, 15) is 4.79 Å². The van der Waals surface area contributed by atoms with Gasteiger partial charge in [-0.05, 0) is 30.3 Å². The van der Waals surface area contributed by atoms with Crippen molar-refractivity contribution in [3.05, 3.63) is 48.0 Å². The molecule has 1 aliphatic heterocycles.